The lowest BCUT2D eigenvalue weighted by Gasteiger charge is -1.88. The van der Waals surface area contributed by atoms with Crippen molar-refractivity contribution in [1.82, 2.24) is 0 Å². The molecule has 44 valence electrons. The average molecular weight is 132 g/mol. The van der Waals surface area contributed by atoms with E-state index in [0.717, 1.165) is 0 Å². The van der Waals surface area contributed by atoms with E-state index >= 15 is 0 Å². The van der Waals surface area contributed by atoms with Crippen LogP contribution in [0.4, 0.5) is 0 Å². The van der Waals surface area contributed by atoms with E-state index in [0.29, 0.717) is 6.54 Å². The molecule has 8 heavy (non-hydrogen) atoms. The number of rotatable bonds is 0. The van der Waals surface area contributed by atoms with Crippen LogP contribution in [-0.2, 0) is 4.79 Å². The van der Waals surface area contributed by atoms with E-state index in [4.69, 9.17) is 0 Å². The number of carbonyl (C=O) groups is 1. The minimum absolute atomic E-state index is 0. The van der Waals surface area contributed by atoms with Crippen molar-refractivity contribution in [3.8, 4) is 0 Å². The molecule has 0 bridgehead atoms. The van der Waals surface area contributed by atoms with Gasteiger partial charge in [0.1, 0.15) is 6.54 Å². The predicted octanol–water partition coefficient (Wildman–Crippen LogP) is 0.618. The molecule has 0 atom stereocenters. The van der Waals surface area contributed by atoms with Gasteiger partial charge in [-0.3, -0.25) is 9.79 Å². The van der Waals surface area contributed by atoms with Gasteiger partial charge in [0.15, 0.2) is 5.78 Å². The van der Waals surface area contributed by atoms with Crippen LogP contribution in [0.2, 0.25) is 0 Å². The summed E-state index contributed by atoms with van der Waals surface area (Å²) >= 11 is 0. The van der Waals surface area contributed by atoms with Crippen LogP contribution in [0.25, 0.3) is 0 Å². The predicted molar refractivity (Wildman–Crippen MR) is 34.8 cm³/mol. The topological polar surface area (TPSA) is 29.4 Å². The first-order chi connectivity index (χ1) is 3.39. The number of dihydropyridines is 1. The monoisotopic (exact) mass is 131 g/mol. The summed E-state index contributed by atoms with van der Waals surface area (Å²) in [4.78, 5) is 14.0. The van der Waals surface area contributed by atoms with E-state index in [2.05, 4.69) is 4.99 Å². The van der Waals surface area contributed by atoms with E-state index in [9.17, 15) is 4.79 Å². The molecule has 1 heterocycles. The zero-order valence-electron chi connectivity index (χ0n) is 4.20. The molecule has 0 spiro atoms. The molecule has 0 fully saturated rings. The minimum Gasteiger partial charge on any atom is -0.293 e. The molecule has 0 aromatic carbocycles. The van der Waals surface area contributed by atoms with Crippen LogP contribution in [-0.4, -0.2) is 18.5 Å². The Labute approximate surface area is 53.7 Å². The molecule has 0 unspecified atom stereocenters. The lowest BCUT2D eigenvalue weighted by molar-refractivity contribution is -0.113. The van der Waals surface area contributed by atoms with Crippen molar-refractivity contribution >= 4 is 24.4 Å². The SMILES string of the molecule is Cl.O=C1C=CC=NC1. The average Bonchev–Trinajstić information content (AvgIpc) is 1.69. The number of allylic oxidation sites excluding steroid dienone is 1. The summed E-state index contributed by atoms with van der Waals surface area (Å²) < 4.78 is 0. The fraction of sp³-hybridized carbons (Fsp3) is 0.200. The van der Waals surface area contributed by atoms with Crippen molar-refractivity contribution in [1.29, 1.82) is 0 Å². The highest BCUT2D eigenvalue weighted by Gasteiger charge is 1.93. The third-order valence-electron chi connectivity index (χ3n) is 0.721. The maximum atomic E-state index is 10.3. The number of carbonyl (C=O) groups excluding carboxylic acids is 1. The van der Waals surface area contributed by atoms with Crippen LogP contribution < -0.4 is 0 Å². The molecular weight excluding hydrogens is 126 g/mol. The van der Waals surface area contributed by atoms with Crippen LogP contribution >= 0.6 is 12.4 Å². The summed E-state index contributed by atoms with van der Waals surface area (Å²) in [6, 6.07) is 0. The van der Waals surface area contributed by atoms with Crippen molar-refractivity contribution in [3.05, 3.63) is 12.2 Å². The lowest BCUT2D eigenvalue weighted by atomic mass is 10.3. The molecule has 0 aromatic rings. The van der Waals surface area contributed by atoms with Crippen molar-refractivity contribution in [2.75, 3.05) is 6.54 Å². The highest BCUT2D eigenvalue weighted by molar-refractivity contribution is 5.98. The molecule has 1 aliphatic heterocycles. The van der Waals surface area contributed by atoms with E-state index in [1.54, 1.807) is 12.3 Å². The Bertz CT molecular complexity index is 139. The summed E-state index contributed by atoms with van der Waals surface area (Å²) in [7, 11) is 0. The molecule has 0 N–H and O–H groups in total. The third-order valence-corrected chi connectivity index (χ3v) is 0.721. The smallest absolute Gasteiger partial charge is 0.177 e. The van der Waals surface area contributed by atoms with Gasteiger partial charge in [0.05, 0.1) is 0 Å². The molecule has 1 rings (SSSR count). The lowest BCUT2D eigenvalue weighted by Crippen LogP contribution is -2.00. The van der Waals surface area contributed by atoms with Crippen molar-refractivity contribution in [2.24, 2.45) is 4.99 Å². The van der Waals surface area contributed by atoms with Gasteiger partial charge in [-0.05, 0) is 12.2 Å². The first-order valence-electron chi connectivity index (χ1n) is 2.09. The number of hydrogen-bond donors (Lipinski definition) is 0. The molecule has 2 nitrogen and oxygen atoms in total. The Morgan fingerprint density at radius 3 is 2.62 bits per heavy atom. The molecule has 0 saturated heterocycles. The molecule has 0 aromatic heterocycles. The number of nitrogens with zero attached hydrogens (tertiary/aromatic N) is 1. The van der Waals surface area contributed by atoms with Crippen LogP contribution in [0.1, 0.15) is 0 Å². The summed E-state index contributed by atoms with van der Waals surface area (Å²) in [5.74, 6) is 0.0856. The summed E-state index contributed by atoms with van der Waals surface area (Å²) in [5.41, 5.74) is 0. The second kappa shape index (κ2) is 3.38. The Morgan fingerprint density at radius 1 is 1.62 bits per heavy atom. The van der Waals surface area contributed by atoms with Gasteiger partial charge in [-0.2, -0.15) is 0 Å². The van der Waals surface area contributed by atoms with Gasteiger partial charge in [0.2, 0.25) is 0 Å². The molecule has 1 aliphatic rings. The van der Waals surface area contributed by atoms with Gasteiger partial charge in [0.25, 0.3) is 0 Å². The highest BCUT2D eigenvalue weighted by Crippen LogP contribution is 1.82. The minimum atomic E-state index is 0. The van der Waals surface area contributed by atoms with Gasteiger partial charge in [-0.25, -0.2) is 0 Å². The molecule has 3 heteroatoms. The van der Waals surface area contributed by atoms with Crippen molar-refractivity contribution in [3.63, 3.8) is 0 Å². The fourth-order valence-electron chi connectivity index (χ4n) is 0.407. The number of halogens is 1. The molecular formula is C5H6ClNO. The third kappa shape index (κ3) is 1.89. The number of ketones is 1. The van der Waals surface area contributed by atoms with Crippen LogP contribution in [0.5, 0.6) is 0 Å². The zero-order valence-corrected chi connectivity index (χ0v) is 5.02. The van der Waals surface area contributed by atoms with Gasteiger partial charge >= 0.3 is 0 Å². The first-order valence-corrected chi connectivity index (χ1v) is 2.09. The normalized spacial score (nSPS) is 15.8. The first kappa shape index (κ1) is 7.37. The molecule has 0 aliphatic carbocycles. The number of aliphatic imine (C=N–C) groups is 1. The molecule has 0 saturated carbocycles. The van der Waals surface area contributed by atoms with E-state index < -0.39 is 0 Å². The van der Waals surface area contributed by atoms with Crippen LogP contribution in [0, 0.1) is 0 Å². The Kier molecular flexibility index (Phi) is 3.12. The molecule has 0 radical (unpaired) electrons. The Hall–Kier alpha value is -0.630. The van der Waals surface area contributed by atoms with Gasteiger partial charge in [0, 0.05) is 6.21 Å². The summed E-state index contributed by atoms with van der Waals surface area (Å²) in [6.07, 6.45) is 4.79. The van der Waals surface area contributed by atoms with E-state index in [1.807, 2.05) is 0 Å². The van der Waals surface area contributed by atoms with Crippen molar-refractivity contribution in [2.45, 2.75) is 0 Å². The Balaban J connectivity index is 0.000000490. The van der Waals surface area contributed by atoms with Gasteiger partial charge < -0.3 is 0 Å². The van der Waals surface area contributed by atoms with Gasteiger partial charge in [-0.15, -0.1) is 12.4 Å². The van der Waals surface area contributed by atoms with Gasteiger partial charge in [-0.1, -0.05) is 0 Å². The largest absolute Gasteiger partial charge is 0.293 e. The zero-order chi connectivity index (χ0) is 5.11. The maximum absolute atomic E-state index is 10.3. The quantitative estimate of drug-likeness (QED) is 0.474. The van der Waals surface area contributed by atoms with E-state index in [-0.39, 0.29) is 18.2 Å². The van der Waals surface area contributed by atoms with Crippen molar-refractivity contribution < 1.29 is 4.79 Å². The van der Waals surface area contributed by atoms with Crippen LogP contribution in [0.15, 0.2) is 17.1 Å². The van der Waals surface area contributed by atoms with Crippen LogP contribution in [0.3, 0.4) is 0 Å². The Morgan fingerprint density at radius 2 is 2.38 bits per heavy atom. The highest BCUT2D eigenvalue weighted by atomic mass is 35.5. The summed E-state index contributed by atoms with van der Waals surface area (Å²) in [5, 5.41) is 0. The standard InChI is InChI=1S/C5H5NO.ClH/c7-5-2-1-3-6-4-5;/h1-3H,4H2;1H. The molecule has 0 amide bonds. The fourth-order valence-corrected chi connectivity index (χ4v) is 0.407. The second-order valence-electron chi connectivity index (χ2n) is 1.32. The summed E-state index contributed by atoms with van der Waals surface area (Å²) in [6.45, 7) is 0.330. The van der Waals surface area contributed by atoms with E-state index in [1.165, 1.54) is 6.08 Å². The maximum Gasteiger partial charge on any atom is 0.177 e. The second-order valence-corrected chi connectivity index (χ2v) is 1.32. The number of hydrogen-bond acceptors (Lipinski definition) is 2.